The smallest absolute Gasteiger partial charge is 0.119 e. The standard InChI is InChI=1S/C14H21NO2/c1-13(2,9-15)14(16)7-6-10-4-5-11(17-3)8-12(10)14/h4-5,8,16H,6-7,9,15H2,1-3H3. The van der Waals surface area contributed by atoms with Crippen LogP contribution in [0.2, 0.25) is 0 Å². The minimum Gasteiger partial charge on any atom is -0.497 e. The van der Waals surface area contributed by atoms with Gasteiger partial charge in [-0.15, -0.1) is 0 Å². The zero-order valence-electron chi connectivity index (χ0n) is 10.8. The number of hydrogen-bond acceptors (Lipinski definition) is 3. The van der Waals surface area contributed by atoms with Crippen molar-refractivity contribution in [2.75, 3.05) is 13.7 Å². The lowest BCUT2D eigenvalue weighted by atomic mass is 9.71. The molecule has 0 radical (unpaired) electrons. The first kappa shape index (κ1) is 12.4. The average molecular weight is 235 g/mol. The van der Waals surface area contributed by atoms with Crippen molar-refractivity contribution in [1.82, 2.24) is 0 Å². The van der Waals surface area contributed by atoms with Gasteiger partial charge in [0.2, 0.25) is 0 Å². The van der Waals surface area contributed by atoms with Crippen molar-refractivity contribution in [2.45, 2.75) is 32.3 Å². The van der Waals surface area contributed by atoms with Gasteiger partial charge in [-0.05, 0) is 36.1 Å². The molecule has 0 aliphatic heterocycles. The molecular formula is C14H21NO2. The molecule has 0 saturated heterocycles. The van der Waals surface area contributed by atoms with Crippen LogP contribution in [-0.4, -0.2) is 18.8 Å². The number of rotatable bonds is 3. The molecular weight excluding hydrogens is 214 g/mol. The number of aryl methyl sites for hydroxylation is 1. The Bertz CT molecular complexity index is 428. The molecule has 0 amide bonds. The second-order valence-corrected chi connectivity index (χ2v) is 5.47. The van der Waals surface area contributed by atoms with E-state index in [0.717, 1.165) is 24.2 Å². The van der Waals surface area contributed by atoms with Crippen molar-refractivity contribution in [3.05, 3.63) is 29.3 Å². The third kappa shape index (κ3) is 1.74. The molecule has 0 saturated carbocycles. The number of ether oxygens (including phenoxy) is 1. The van der Waals surface area contributed by atoms with Crippen LogP contribution in [-0.2, 0) is 12.0 Å². The largest absolute Gasteiger partial charge is 0.497 e. The molecule has 1 aromatic rings. The molecule has 3 heteroatoms. The minimum absolute atomic E-state index is 0.329. The first-order chi connectivity index (χ1) is 7.94. The maximum absolute atomic E-state index is 11.0. The predicted octanol–water partition coefficient (Wildman–Crippen LogP) is 1.81. The molecule has 0 bridgehead atoms. The summed E-state index contributed by atoms with van der Waals surface area (Å²) in [5, 5.41) is 11.0. The fraction of sp³-hybridized carbons (Fsp3) is 0.571. The van der Waals surface area contributed by atoms with Crippen molar-refractivity contribution in [1.29, 1.82) is 0 Å². The van der Waals surface area contributed by atoms with E-state index in [9.17, 15) is 5.11 Å². The highest BCUT2D eigenvalue weighted by Gasteiger charge is 2.48. The molecule has 1 aliphatic rings. The van der Waals surface area contributed by atoms with Crippen molar-refractivity contribution in [2.24, 2.45) is 11.1 Å². The average Bonchev–Trinajstić information content (AvgIpc) is 2.68. The fourth-order valence-electron chi connectivity index (χ4n) is 2.61. The number of nitrogens with two attached hydrogens (primary N) is 1. The second-order valence-electron chi connectivity index (χ2n) is 5.47. The number of benzene rings is 1. The summed E-state index contributed by atoms with van der Waals surface area (Å²) in [6.45, 7) is 4.49. The first-order valence-electron chi connectivity index (χ1n) is 6.04. The van der Waals surface area contributed by atoms with Crippen molar-refractivity contribution >= 4 is 0 Å². The summed E-state index contributed by atoms with van der Waals surface area (Å²) in [4.78, 5) is 0. The summed E-state index contributed by atoms with van der Waals surface area (Å²) in [7, 11) is 1.64. The van der Waals surface area contributed by atoms with E-state index in [1.165, 1.54) is 5.56 Å². The molecule has 1 aliphatic carbocycles. The van der Waals surface area contributed by atoms with Crippen LogP contribution in [0.1, 0.15) is 31.4 Å². The van der Waals surface area contributed by atoms with E-state index in [-0.39, 0.29) is 5.41 Å². The van der Waals surface area contributed by atoms with Gasteiger partial charge >= 0.3 is 0 Å². The van der Waals surface area contributed by atoms with E-state index >= 15 is 0 Å². The Kier molecular flexibility index (Phi) is 2.92. The van der Waals surface area contributed by atoms with Gasteiger partial charge in [0.1, 0.15) is 5.75 Å². The van der Waals surface area contributed by atoms with Gasteiger partial charge in [-0.2, -0.15) is 0 Å². The van der Waals surface area contributed by atoms with Crippen LogP contribution in [0.5, 0.6) is 5.75 Å². The summed E-state index contributed by atoms with van der Waals surface area (Å²) in [5.74, 6) is 0.789. The summed E-state index contributed by atoms with van der Waals surface area (Å²) in [5.41, 5.74) is 6.82. The van der Waals surface area contributed by atoms with E-state index in [0.29, 0.717) is 6.54 Å². The lowest BCUT2D eigenvalue weighted by Gasteiger charge is -2.40. The molecule has 1 unspecified atom stereocenters. The Morgan fingerprint density at radius 2 is 2.18 bits per heavy atom. The zero-order valence-corrected chi connectivity index (χ0v) is 10.8. The van der Waals surface area contributed by atoms with Crippen LogP contribution >= 0.6 is 0 Å². The Morgan fingerprint density at radius 1 is 1.47 bits per heavy atom. The summed E-state index contributed by atoms with van der Waals surface area (Å²) < 4.78 is 5.24. The third-order valence-electron chi connectivity index (χ3n) is 4.15. The Hall–Kier alpha value is -1.06. The molecule has 2 rings (SSSR count). The molecule has 1 atom stereocenters. The molecule has 94 valence electrons. The summed E-state index contributed by atoms with van der Waals surface area (Å²) >= 11 is 0. The molecule has 3 nitrogen and oxygen atoms in total. The Morgan fingerprint density at radius 3 is 2.76 bits per heavy atom. The van der Waals surface area contributed by atoms with E-state index in [1.807, 2.05) is 32.0 Å². The van der Waals surface area contributed by atoms with Crippen molar-refractivity contribution < 1.29 is 9.84 Å². The van der Waals surface area contributed by atoms with Crippen LogP contribution in [0.25, 0.3) is 0 Å². The Labute approximate surface area is 103 Å². The first-order valence-corrected chi connectivity index (χ1v) is 6.04. The minimum atomic E-state index is -0.842. The highest BCUT2D eigenvalue weighted by Crippen LogP contribution is 2.49. The van der Waals surface area contributed by atoms with Gasteiger partial charge in [0, 0.05) is 12.0 Å². The topological polar surface area (TPSA) is 55.5 Å². The highest BCUT2D eigenvalue weighted by molar-refractivity contribution is 5.44. The Balaban J connectivity index is 2.51. The maximum Gasteiger partial charge on any atom is 0.119 e. The summed E-state index contributed by atoms with van der Waals surface area (Å²) in [6, 6.07) is 5.93. The van der Waals surface area contributed by atoms with Gasteiger partial charge in [-0.25, -0.2) is 0 Å². The molecule has 17 heavy (non-hydrogen) atoms. The molecule has 1 aromatic carbocycles. The zero-order chi connectivity index (χ0) is 12.7. The van der Waals surface area contributed by atoms with Crippen LogP contribution in [0.4, 0.5) is 0 Å². The quantitative estimate of drug-likeness (QED) is 0.840. The lowest BCUT2D eigenvalue weighted by molar-refractivity contribution is -0.0672. The van der Waals surface area contributed by atoms with Crippen molar-refractivity contribution in [3.63, 3.8) is 0 Å². The highest BCUT2D eigenvalue weighted by atomic mass is 16.5. The normalized spacial score (nSPS) is 23.6. The van der Waals surface area contributed by atoms with E-state index in [1.54, 1.807) is 7.11 Å². The number of hydrogen-bond donors (Lipinski definition) is 2. The second kappa shape index (κ2) is 4.00. The van der Waals surface area contributed by atoms with Gasteiger partial charge in [-0.1, -0.05) is 19.9 Å². The van der Waals surface area contributed by atoms with Crippen molar-refractivity contribution in [3.8, 4) is 5.75 Å². The third-order valence-corrected chi connectivity index (χ3v) is 4.15. The van der Waals surface area contributed by atoms with Crippen LogP contribution < -0.4 is 10.5 Å². The van der Waals surface area contributed by atoms with Gasteiger partial charge in [0.15, 0.2) is 0 Å². The SMILES string of the molecule is COc1ccc2c(c1)C(O)(C(C)(C)CN)CC2. The summed E-state index contributed by atoms with van der Waals surface area (Å²) in [6.07, 6.45) is 1.64. The van der Waals surface area contributed by atoms with E-state index in [2.05, 4.69) is 0 Å². The van der Waals surface area contributed by atoms with Crippen LogP contribution in [0, 0.1) is 5.41 Å². The molecule has 0 aromatic heterocycles. The van der Waals surface area contributed by atoms with Gasteiger partial charge in [0.05, 0.1) is 12.7 Å². The number of fused-ring (bicyclic) bond motifs is 1. The van der Waals surface area contributed by atoms with E-state index in [4.69, 9.17) is 10.5 Å². The maximum atomic E-state index is 11.0. The van der Waals surface area contributed by atoms with Gasteiger partial charge in [0.25, 0.3) is 0 Å². The molecule has 3 N–H and O–H groups in total. The van der Waals surface area contributed by atoms with Gasteiger partial charge in [-0.3, -0.25) is 0 Å². The van der Waals surface area contributed by atoms with Gasteiger partial charge < -0.3 is 15.6 Å². The van der Waals surface area contributed by atoms with Crippen LogP contribution in [0.15, 0.2) is 18.2 Å². The van der Waals surface area contributed by atoms with Crippen LogP contribution in [0.3, 0.4) is 0 Å². The lowest BCUT2D eigenvalue weighted by Crippen LogP contribution is -2.45. The predicted molar refractivity (Wildman–Crippen MR) is 68.0 cm³/mol. The fourth-order valence-corrected chi connectivity index (χ4v) is 2.61. The molecule has 0 fully saturated rings. The monoisotopic (exact) mass is 235 g/mol. The van der Waals surface area contributed by atoms with E-state index < -0.39 is 5.60 Å². The number of aliphatic hydroxyl groups is 1. The number of methoxy groups -OCH3 is 1. The molecule has 0 heterocycles. The molecule has 0 spiro atoms.